The van der Waals surface area contributed by atoms with E-state index < -0.39 is 11.6 Å². The van der Waals surface area contributed by atoms with E-state index in [2.05, 4.69) is 24.5 Å². The Kier molecular flexibility index (Phi) is 5.03. The van der Waals surface area contributed by atoms with E-state index in [1.807, 2.05) is 31.2 Å². The zero-order valence-corrected chi connectivity index (χ0v) is 15.7. The molecule has 0 radical (unpaired) electrons. The molecule has 6 nitrogen and oxygen atoms in total. The second kappa shape index (κ2) is 7.09. The molecule has 1 heterocycles. The molecule has 2 aliphatic rings. The molecule has 0 aromatic heterocycles. The van der Waals surface area contributed by atoms with Crippen LogP contribution in [-0.4, -0.2) is 34.8 Å². The third-order valence-electron chi connectivity index (χ3n) is 5.66. The Morgan fingerprint density at radius 1 is 1.27 bits per heavy atom. The first-order valence-corrected chi connectivity index (χ1v) is 9.37. The van der Waals surface area contributed by atoms with Crippen molar-refractivity contribution in [1.29, 1.82) is 0 Å². The van der Waals surface area contributed by atoms with Crippen LogP contribution in [0.25, 0.3) is 0 Å². The second-order valence-electron chi connectivity index (χ2n) is 7.76. The number of amides is 4. The first kappa shape index (κ1) is 18.4. The highest BCUT2D eigenvalue weighted by molar-refractivity contribution is 6.10. The molecule has 140 valence electrons. The van der Waals surface area contributed by atoms with Gasteiger partial charge in [0.05, 0.1) is 0 Å². The third kappa shape index (κ3) is 3.32. The number of hydrogen-bond donors (Lipinski definition) is 2. The summed E-state index contributed by atoms with van der Waals surface area (Å²) in [5.74, 6) is -0.130. The number of urea groups is 1. The van der Waals surface area contributed by atoms with Crippen molar-refractivity contribution in [1.82, 2.24) is 10.2 Å². The highest BCUT2D eigenvalue weighted by atomic mass is 16.2. The minimum atomic E-state index is -0.825. The quantitative estimate of drug-likeness (QED) is 0.812. The molecule has 4 amide bonds. The maximum Gasteiger partial charge on any atom is 0.325 e. The summed E-state index contributed by atoms with van der Waals surface area (Å²) < 4.78 is 0. The van der Waals surface area contributed by atoms with Crippen molar-refractivity contribution < 1.29 is 14.4 Å². The van der Waals surface area contributed by atoms with E-state index >= 15 is 0 Å². The van der Waals surface area contributed by atoms with Crippen molar-refractivity contribution in [2.45, 2.75) is 57.9 Å². The van der Waals surface area contributed by atoms with Crippen molar-refractivity contribution in [3.63, 3.8) is 0 Å². The van der Waals surface area contributed by atoms with Gasteiger partial charge in [-0.3, -0.25) is 14.5 Å². The molecule has 1 saturated heterocycles. The van der Waals surface area contributed by atoms with Crippen LogP contribution in [0.5, 0.6) is 0 Å². The number of rotatable bonds is 4. The highest BCUT2D eigenvalue weighted by Gasteiger charge is 2.55. The number of nitrogens with zero attached hydrogens (tertiary/aromatic N) is 1. The summed E-state index contributed by atoms with van der Waals surface area (Å²) in [6.07, 6.45) is 3.54. The van der Waals surface area contributed by atoms with E-state index in [-0.39, 0.29) is 24.3 Å². The molecule has 1 aromatic rings. The van der Waals surface area contributed by atoms with Crippen LogP contribution in [0, 0.1) is 5.92 Å². The number of carbonyl (C=O) groups is 3. The summed E-state index contributed by atoms with van der Waals surface area (Å²) in [6, 6.07) is 7.14. The Labute approximate surface area is 154 Å². The average molecular weight is 357 g/mol. The largest absolute Gasteiger partial charge is 0.325 e. The lowest BCUT2D eigenvalue weighted by molar-refractivity contribution is -0.136. The molecular weight excluding hydrogens is 330 g/mol. The van der Waals surface area contributed by atoms with Gasteiger partial charge in [-0.2, -0.15) is 0 Å². The zero-order valence-electron chi connectivity index (χ0n) is 15.7. The number of hydrogen-bond acceptors (Lipinski definition) is 3. The molecular formula is C20H27N3O3. The molecule has 1 aliphatic carbocycles. The van der Waals surface area contributed by atoms with Crippen LogP contribution in [0.15, 0.2) is 24.3 Å². The highest BCUT2D eigenvalue weighted by Crippen LogP contribution is 2.38. The van der Waals surface area contributed by atoms with Gasteiger partial charge >= 0.3 is 6.03 Å². The van der Waals surface area contributed by atoms with Gasteiger partial charge in [0.2, 0.25) is 5.91 Å². The second-order valence-corrected chi connectivity index (χ2v) is 7.76. The fraction of sp³-hybridized carbons (Fsp3) is 0.550. The first-order chi connectivity index (χ1) is 12.3. The summed E-state index contributed by atoms with van der Waals surface area (Å²) in [7, 11) is 0. The Bertz CT molecular complexity index is 714. The van der Waals surface area contributed by atoms with E-state index in [1.54, 1.807) is 0 Å². The van der Waals surface area contributed by atoms with Crippen molar-refractivity contribution in [3.05, 3.63) is 29.8 Å². The van der Waals surface area contributed by atoms with Crippen LogP contribution in [0.4, 0.5) is 10.5 Å². The van der Waals surface area contributed by atoms with Gasteiger partial charge in [-0.15, -0.1) is 0 Å². The van der Waals surface area contributed by atoms with E-state index in [0.717, 1.165) is 24.2 Å². The molecule has 26 heavy (non-hydrogen) atoms. The summed E-state index contributed by atoms with van der Waals surface area (Å²) in [5, 5.41) is 5.63. The molecule has 6 heteroatoms. The summed E-state index contributed by atoms with van der Waals surface area (Å²) in [5.41, 5.74) is 1.02. The van der Waals surface area contributed by atoms with Crippen molar-refractivity contribution in [2.75, 3.05) is 11.9 Å². The summed E-state index contributed by atoms with van der Waals surface area (Å²) >= 11 is 0. The number of anilines is 1. The van der Waals surface area contributed by atoms with Crippen molar-refractivity contribution in [3.8, 4) is 0 Å². The standard InChI is InChI=1S/C20H27N3O3/c1-13(2)15-7-9-16(10-8-15)21-17(24)12-23-18(25)20(22-19(23)26)11-5-4-6-14(20)3/h7-10,13-14H,4-6,11-12H2,1-3H3,(H,21,24)(H,22,26)/t14-,20+/m1/s1. The number of nitrogens with one attached hydrogen (secondary N) is 2. The van der Waals surface area contributed by atoms with Gasteiger partial charge in [-0.25, -0.2) is 4.79 Å². The van der Waals surface area contributed by atoms with Crippen molar-refractivity contribution in [2.24, 2.45) is 5.92 Å². The number of benzene rings is 1. The van der Waals surface area contributed by atoms with Gasteiger partial charge in [0.1, 0.15) is 12.1 Å². The maximum atomic E-state index is 12.9. The van der Waals surface area contributed by atoms with Crippen LogP contribution in [0.3, 0.4) is 0 Å². The van der Waals surface area contributed by atoms with E-state index in [0.29, 0.717) is 18.0 Å². The summed E-state index contributed by atoms with van der Waals surface area (Å²) in [6.45, 7) is 5.95. The first-order valence-electron chi connectivity index (χ1n) is 9.37. The van der Waals surface area contributed by atoms with Crippen LogP contribution >= 0.6 is 0 Å². The Morgan fingerprint density at radius 3 is 2.58 bits per heavy atom. The Balaban J connectivity index is 1.65. The van der Waals surface area contributed by atoms with Gasteiger partial charge in [0.25, 0.3) is 5.91 Å². The molecule has 3 rings (SSSR count). The maximum absolute atomic E-state index is 12.9. The number of imide groups is 1. The Morgan fingerprint density at radius 2 is 1.96 bits per heavy atom. The van der Waals surface area contributed by atoms with Gasteiger partial charge in [-0.05, 0) is 42.4 Å². The lowest BCUT2D eigenvalue weighted by Crippen LogP contribution is -2.54. The minimum absolute atomic E-state index is 0.0874. The monoisotopic (exact) mass is 357 g/mol. The predicted octanol–water partition coefficient (Wildman–Crippen LogP) is 3.25. The zero-order chi connectivity index (χ0) is 18.9. The fourth-order valence-electron chi connectivity index (χ4n) is 3.93. The van der Waals surface area contributed by atoms with Gasteiger partial charge in [0.15, 0.2) is 0 Å². The molecule has 1 spiro atoms. The molecule has 2 fully saturated rings. The smallest absolute Gasteiger partial charge is 0.325 e. The van der Waals surface area contributed by atoms with E-state index in [9.17, 15) is 14.4 Å². The van der Waals surface area contributed by atoms with Crippen LogP contribution in [0.2, 0.25) is 0 Å². The Hall–Kier alpha value is -2.37. The van der Waals surface area contributed by atoms with Crippen molar-refractivity contribution >= 4 is 23.5 Å². The molecule has 1 saturated carbocycles. The SMILES string of the molecule is CC(C)c1ccc(NC(=O)CN2C(=O)N[C@]3(CCCC[C@H]3C)C2=O)cc1. The van der Waals surface area contributed by atoms with Crippen LogP contribution in [-0.2, 0) is 9.59 Å². The lowest BCUT2D eigenvalue weighted by atomic mass is 9.73. The van der Waals surface area contributed by atoms with E-state index in [1.165, 1.54) is 5.56 Å². The predicted molar refractivity (Wildman–Crippen MR) is 99.8 cm³/mol. The third-order valence-corrected chi connectivity index (χ3v) is 5.66. The molecule has 0 unspecified atom stereocenters. The normalized spacial score (nSPS) is 25.7. The number of carbonyl (C=O) groups excluding carboxylic acids is 3. The van der Waals surface area contributed by atoms with Gasteiger partial charge < -0.3 is 10.6 Å². The average Bonchev–Trinajstić information content (AvgIpc) is 2.83. The topological polar surface area (TPSA) is 78.5 Å². The van der Waals surface area contributed by atoms with Crippen LogP contribution < -0.4 is 10.6 Å². The fourth-order valence-corrected chi connectivity index (χ4v) is 3.93. The molecule has 0 bridgehead atoms. The summed E-state index contributed by atoms with van der Waals surface area (Å²) in [4.78, 5) is 38.6. The molecule has 1 aromatic carbocycles. The van der Waals surface area contributed by atoms with Gasteiger partial charge in [-0.1, -0.05) is 45.7 Å². The van der Waals surface area contributed by atoms with Gasteiger partial charge in [0, 0.05) is 5.69 Å². The van der Waals surface area contributed by atoms with Crippen LogP contribution in [0.1, 0.15) is 57.9 Å². The molecule has 1 aliphatic heterocycles. The van der Waals surface area contributed by atoms with E-state index in [4.69, 9.17) is 0 Å². The lowest BCUT2D eigenvalue weighted by Gasteiger charge is -2.36. The minimum Gasteiger partial charge on any atom is -0.325 e. The molecule has 2 atom stereocenters. The molecule has 2 N–H and O–H groups in total.